The Morgan fingerprint density at radius 2 is 2.11 bits per heavy atom. The van der Waals surface area contributed by atoms with Crippen molar-refractivity contribution in [1.82, 2.24) is 5.32 Å². The number of nitrogens with one attached hydrogen (secondary N) is 1. The molecular formula is C15H30N2O2. The quantitative estimate of drug-likeness (QED) is 0.696. The summed E-state index contributed by atoms with van der Waals surface area (Å²) >= 11 is 0. The highest BCUT2D eigenvalue weighted by atomic mass is 16.5. The Morgan fingerprint density at radius 1 is 1.42 bits per heavy atom. The second-order valence-electron chi connectivity index (χ2n) is 6.89. The monoisotopic (exact) mass is 270 g/mol. The van der Waals surface area contributed by atoms with Gasteiger partial charge in [-0.25, -0.2) is 0 Å². The molecule has 0 bridgehead atoms. The van der Waals surface area contributed by atoms with Gasteiger partial charge in [0.1, 0.15) is 5.54 Å². The molecule has 1 aliphatic carbocycles. The number of carbonyl (C=O) groups is 1. The van der Waals surface area contributed by atoms with Gasteiger partial charge in [-0.15, -0.1) is 0 Å². The number of nitrogens with two attached hydrogens (primary N) is 1. The SMILES string of the molecule is CNC1(C(N)=O)CCCC1CCOCCC(C)(C)C. The molecule has 0 aromatic heterocycles. The Hall–Kier alpha value is -0.610. The zero-order valence-electron chi connectivity index (χ0n) is 12.9. The van der Waals surface area contributed by atoms with Gasteiger partial charge in [0.15, 0.2) is 0 Å². The van der Waals surface area contributed by atoms with Gasteiger partial charge in [-0.2, -0.15) is 0 Å². The van der Waals surface area contributed by atoms with Gasteiger partial charge >= 0.3 is 0 Å². The molecule has 1 aliphatic rings. The second-order valence-corrected chi connectivity index (χ2v) is 6.89. The topological polar surface area (TPSA) is 64.3 Å². The molecule has 1 rings (SSSR count). The third-order valence-electron chi connectivity index (χ3n) is 4.31. The minimum Gasteiger partial charge on any atom is -0.381 e. The van der Waals surface area contributed by atoms with Crippen molar-refractivity contribution in [2.75, 3.05) is 20.3 Å². The Morgan fingerprint density at radius 3 is 2.63 bits per heavy atom. The summed E-state index contributed by atoms with van der Waals surface area (Å²) < 4.78 is 5.71. The maximum Gasteiger partial charge on any atom is 0.238 e. The van der Waals surface area contributed by atoms with Crippen molar-refractivity contribution in [2.45, 2.75) is 58.4 Å². The number of rotatable bonds is 7. The van der Waals surface area contributed by atoms with E-state index in [1.165, 1.54) is 0 Å². The van der Waals surface area contributed by atoms with Crippen LogP contribution in [0, 0.1) is 11.3 Å². The fourth-order valence-electron chi connectivity index (χ4n) is 2.95. The average Bonchev–Trinajstić information content (AvgIpc) is 2.71. The van der Waals surface area contributed by atoms with Crippen molar-refractivity contribution in [2.24, 2.45) is 17.1 Å². The minimum atomic E-state index is -0.507. The molecule has 112 valence electrons. The second kappa shape index (κ2) is 6.71. The van der Waals surface area contributed by atoms with Gasteiger partial charge in [0.2, 0.25) is 5.91 Å². The summed E-state index contributed by atoms with van der Waals surface area (Å²) in [4.78, 5) is 11.7. The van der Waals surface area contributed by atoms with Crippen LogP contribution in [-0.2, 0) is 9.53 Å². The molecule has 3 N–H and O–H groups in total. The molecule has 1 fully saturated rings. The van der Waals surface area contributed by atoms with Gasteiger partial charge in [-0.3, -0.25) is 4.79 Å². The first-order valence-corrected chi connectivity index (χ1v) is 7.38. The lowest BCUT2D eigenvalue weighted by atomic mass is 9.84. The minimum absolute atomic E-state index is 0.216. The highest BCUT2D eigenvalue weighted by Crippen LogP contribution is 2.37. The zero-order chi connectivity index (χ0) is 14.5. The number of likely N-dealkylation sites (N-methyl/N-ethyl adjacent to an activating group) is 1. The molecule has 4 heteroatoms. The van der Waals surface area contributed by atoms with Gasteiger partial charge in [0.05, 0.1) is 0 Å². The molecule has 0 saturated heterocycles. The molecule has 19 heavy (non-hydrogen) atoms. The third-order valence-corrected chi connectivity index (χ3v) is 4.31. The van der Waals surface area contributed by atoms with E-state index in [9.17, 15) is 4.79 Å². The van der Waals surface area contributed by atoms with Crippen molar-refractivity contribution >= 4 is 5.91 Å². The molecule has 0 radical (unpaired) electrons. The molecule has 0 aromatic rings. The van der Waals surface area contributed by atoms with Gasteiger partial charge in [0.25, 0.3) is 0 Å². The Bertz CT molecular complexity index is 299. The summed E-state index contributed by atoms with van der Waals surface area (Å²) in [7, 11) is 1.84. The Balaban J connectivity index is 2.34. The molecule has 1 saturated carbocycles. The van der Waals surface area contributed by atoms with Crippen molar-refractivity contribution in [3.63, 3.8) is 0 Å². The maximum absolute atomic E-state index is 11.7. The average molecular weight is 270 g/mol. The molecule has 2 atom stereocenters. The first-order chi connectivity index (χ1) is 8.82. The van der Waals surface area contributed by atoms with Gasteiger partial charge < -0.3 is 15.8 Å². The van der Waals surface area contributed by atoms with Crippen LogP contribution in [0.1, 0.15) is 52.9 Å². The fraction of sp³-hybridized carbons (Fsp3) is 0.933. The first-order valence-electron chi connectivity index (χ1n) is 7.38. The number of hydrogen-bond acceptors (Lipinski definition) is 3. The van der Waals surface area contributed by atoms with Crippen LogP contribution in [0.5, 0.6) is 0 Å². The lowest BCUT2D eigenvalue weighted by Crippen LogP contribution is -2.56. The van der Waals surface area contributed by atoms with Gasteiger partial charge in [-0.1, -0.05) is 27.2 Å². The van der Waals surface area contributed by atoms with E-state index < -0.39 is 5.54 Å². The van der Waals surface area contributed by atoms with Crippen LogP contribution in [0.2, 0.25) is 0 Å². The normalized spacial score (nSPS) is 27.7. The molecule has 2 unspecified atom stereocenters. The number of primary amides is 1. The predicted molar refractivity (Wildman–Crippen MR) is 77.8 cm³/mol. The van der Waals surface area contributed by atoms with Crippen LogP contribution in [0.3, 0.4) is 0 Å². The smallest absolute Gasteiger partial charge is 0.238 e. The van der Waals surface area contributed by atoms with Crippen LogP contribution < -0.4 is 11.1 Å². The van der Waals surface area contributed by atoms with Crippen molar-refractivity contribution < 1.29 is 9.53 Å². The molecule has 0 spiro atoms. The van der Waals surface area contributed by atoms with E-state index in [-0.39, 0.29) is 5.91 Å². The van der Waals surface area contributed by atoms with E-state index in [0.29, 0.717) is 11.3 Å². The van der Waals surface area contributed by atoms with Crippen LogP contribution >= 0.6 is 0 Å². The largest absolute Gasteiger partial charge is 0.381 e. The number of carbonyl (C=O) groups excluding carboxylic acids is 1. The van der Waals surface area contributed by atoms with E-state index in [1.807, 2.05) is 7.05 Å². The first kappa shape index (κ1) is 16.4. The van der Waals surface area contributed by atoms with Gasteiger partial charge in [0, 0.05) is 13.2 Å². The zero-order valence-corrected chi connectivity index (χ0v) is 12.9. The van der Waals surface area contributed by atoms with Crippen molar-refractivity contribution in [3.8, 4) is 0 Å². The molecule has 0 aliphatic heterocycles. The summed E-state index contributed by atoms with van der Waals surface area (Å²) in [6.45, 7) is 8.15. The highest BCUT2D eigenvalue weighted by molar-refractivity contribution is 5.85. The predicted octanol–water partition coefficient (Wildman–Crippen LogP) is 2.07. The third kappa shape index (κ3) is 4.46. The summed E-state index contributed by atoms with van der Waals surface area (Å²) in [6.07, 6.45) is 4.95. The lowest BCUT2D eigenvalue weighted by Gasteiger charge is -2.32. The summed E-state index contributed by atoms with van der Waals surface area (Å²) in [5, 5.41) is 3.16. The van der Waals surface area contributed by atoms with Crippen molar-refractivity contribution in [1.29, 1.82) is 0 Å². The van der Waals surface area contributed by atoms with E-state index in [4.69, 9.17) is 10.5 Å². The van der Waals surface area contributed by atoms with Crippen molar-refractivity contribution in [3.05, 3.63) is 0 Å². The fourth-order valence-corrected chi connectivity index (χ4v) is 2.95. The number of hydrogen-bond donors (Lipinski definition) is 2. The van der Waals surface area contributed by atoms with Crippen LogP contribution in [0.4, 0.5) is 0 Å². The lowest BCUT2D eigenvalue weighted by molar-refractivity contribution is -0.125. The van der Waals surface area contributed by atoms with Crippen LogP contribution in [0.25, 0.3) is 0 Å². The molecule has 4 nitrogen and oxygen atoms in total. The molecule has 0 heterocycles. The molecule has 1 amide bonds. The van der Waals surface area contributed by atoms with E-state index in [0.717, 1.165) is 45.3 Å². The van der Waals surface area contributed by atoms with Gasteiger partial charge in [-0.05, 0) is 44.1 Å². The van der Waals surface area contributed by atoms with E-state index in [1.54, 1.807) is 0 Å². The van der Waals surface area contributed by atoms with Crippen LogP contribution in [0.15, 0.2) is 0 Å². The molecule has 0 aromatic carbocycles. The molecular weight excluding hydrogens is 240 g/mol. The summed E-state index contributed by atoms with van der Waals surface area (Å²) in [5.41, 5.74) is 5.39. The van der Waals surface area contributed by atoms with E-state index >= 15 is 0 Å². The Kier molecular flexibility index (Phi) is 5.81. The number of ether oxygens (including phenoxy) is 1. The number of amides is 1. The van der Waals surface area contributed by atoms with E-state index in [2.05, 4.69) is 26.1 Å². The Labute approximate surface area is 117 Å². The summed E-state index contributed by atoms with van der Waals surface area (Å²) in [5.74, 6) is 0.0943. The maximum atomic E-state index is 11.7. The summed E-state index contributed by atoms with van der Waals surface area (Å²) in [6, 6.07) is 0. The van der Waals surface area contributed by atoms with Crippen LogP contribution in [-0.4, -0.2) is 31.7 Å². The standard InChI is InChI=1S/C15H30N2O2/c1-14(2,3)9-11-19-10-7-12-6-5-8-15(12,17-4)13(16)18/h12,17H,5-11H2,1-4H3,(H2,16,18). The highest BCUT2D eigenvalue weighted by Gasteiger charge is 2.46.